The van der Waals surface area contributed by atoms with Gasteiger partial charge in [0.25, 0.3) is 5.91 Å². The Morgan fingerprint density at radius 3 is 2.10 bits per heavy atom. The topological polar surface area (TPSA) is 53.1 Å². The van der Waals surface area contributed by atoms with Gasteiger partial charge >= 0.3 is 0 Å². The van der Waals surface area contributed by atoms with E-state index in [2.05, 4.69) is 17.0 Å². The van der Waals surface area contributed by atoms with Crippen molar-refractivity contribution in [1.82, 2.24) is 4.90 Å². The van der Waals surface area contributed by atoms with Gasteiger partial charge in [0.05, 0.1) is 7.11 Å². The minimum atomic E-state index is 0.0518. The molecule has 4 rings (SSSR count). The minimum absolute atomic E-state index is 0.0518. The third-order valence-corrected chi connectivity index (χ3v) is 5.75. The first kappa shape index (κ1) is 19.3. The summed E-state index contributed by atoms with van der Waals surface area (Å²) in [4.78, 5) is 31.0. The maximum atomic E-state index is 12.9. The van der Waals surface area contributed by atoms with Crippen molar-refractivity contribution in [3.05, 3.63) is 54.1 Å². The Bertz CT molecular complexity index is 856. The first-order valence-corrected chi connectivity index (χ1v) is 10.2. The van der Waals surface area contributed by atoms with Crippen molar-refractivity contribution in [2.75, 3.05) is 49.6 Å². The summed E-state index contributed by atoms with van der Waals surface area (Å²) >= 11 is 0. The summed E-state index contributed by atoms with van der Waals surface area (Å²) in [7, 11) is 1.66. The number of carbonyl (C=O) groups excluding carboxylic acids is 2. The standard InChI is InChI=1S/C23H27N3O3/c1-29-21-11-9-19(10-12-21)24-14-16-25(17-15-24)23(28)18-5-7-20(8-6-18)26-13-3-2-4-22(26)27/h5-12H,2-4,13-17H2,1H3. The SMILES string of the molecule is COc1ccc(N2CCN(C(=O)c3ccc(N4CCCCC4=O)cc3)CC2)cc1. The lowest BCUT2D eigenvalue weighted by molar-refractivity contribution is -0.119. The highest BCUT2D eigenvalue weighted by molar-refractivity contribution is 5.97. The molecule has 2 amide bonds. The maximum absolute atomic E-state index is 12.9. The molecule has 0 aliphatic carbocycles. The van der Waals surface area contributed by atoms with Gasteiger partial charge in [0, 0.05) is 56.1 Å². The Balaban J connectivity index is 1.36. The zero-order chi connectivity index (χ0) is 20.2. The summed E-state index contributed by atoms with van der Waals surface area (Å²) < 4.78 is 5.21. The van der Waals surface area contributed by atoms with Crippen LogP contribution in [0.1, 0.15) is 29.6 Å². The van der Waals surface area contributed by atoms with Crippen LogP contribution in [-0.2, 0) is 4.79 Å². The number of hydrogen-bond donors (Lipinski definition) is 0. The fourth-order valence-electron chi connectivity index (χ4n) is 4.01. The Kier molecular flexibility index (Phi) is 5.69. The van der Waals surface area contributed by atoms with E-state index < -0.39 is 0 Å². The van der Waals surface area contributed by atoms with E-state index in [1.165, 1.54) is 0 Å². The number of carbonyl (C=O) groups is 2. The van der Waals surface area contributed by atoms with Crippen LogP contribution >= 0.6 is 0 Å². The molecule has 0 spiro atoms. The predicted octanol–water partition coefficient (Wildman–Crippen LogP) is 3.17. The third-order valence-electron chi connectivity index (χ3n) is 5.75. The minimum Gasteiger partial charge on any atom is -0.497 e. The van der Waals surface area contributed by atoms with E-state index >= 15 is 0 Å². The van der Waals surface area contributed by atoms with Crippen molar-refractivity contribution in [3.8, 4) is 5.75 Å². The van der Waals surface area contributed by atoms with Gasteiger partial charge in [-0.3, -0.25) is 9.59 Å². The van der Waals surface area contributed by atoms with Gasteiger partial charge in [-0.1, -0.05) is 0 Å². The van der Waals surface area contributed by atoms with Gasteiger partial charge in [0.1, 0.15) is 5.75 Å². The molecular weight excluding hydrogens is 366 g/mol. The van der Waals surface area contributed by atoms with Crippen molar-refractivity contribution >= 4 is 23.2 Å². The van der Waals surface area contributed by atoms with Crippen molar-refractivity contribution in [3.63, 3.8) is 0 Å². The third kappa shape index (κ3) is 4.21. The number of anilines is 2. The molecule has 2 aliphatic heterocycles. The van der Waals surface area contributed by atoms with E-state index in [4.69, 9.17) is 4.74 Å². The highest BCUT2D eigenvalue weighted by Crippen LogP contribution is 2.23. The number of nitrogens with zero attached hydrogens (tertiary/aromatic N) is 3. The number of piperidine rings is 1. The van der Waals surface area contributed by atoms with Gasteiger partial charge in [-0.25, -0.2) is 0 Å². The van der Waals surface area contributed by atoms with Crippen LogP contribution in [0.5, 0.6) is 5.75 Å². The second-order valence-electron chi connectivity index (χ2n) is 7.53. The van der Waals surface area contributed by atoms with E-state index in [0.29, 0.717) is 25.1 Å². The molecule has 6 nitrogen and oxygen atoms in total. The number of piperazine rings is 1. The molecule has 29 heavy (non-hydrogen) atoms. The van der Waals surface area contributed by atoms with E-state index in [1.807, 2.05) is 46.2 Å². The molecule has 2 saturated heterocycles. The maximum Gasteiger partial charge on any atom is 0.253 e. The van der Waals surface area contributed by atoms with Crippen LogP contribution in [0.25, 0.3) is 0 Å². The number of amides is 2. The molecular formula is C23H27N3O3. The molecule has 2 aromatic rings. The van der Waals surface area contributed by atoms with Gasteiger partial charge in [-0.05, 0) is 61.4 Å². The van der Waals surface area contributed by atoms with Crippen LogP contribution in [0.15, 0.2) is 48.5 Å². The van der Waals surface area contributed by atoms with Crippen molar-refractivity contribution in [2.24, 2.45) is 0 Å². The number of methoxy groups -OCH3 is 1. The molecule has 2 aliphatic rings. The van der Waals surface area contributed by atoms with Crippen LogP contribution in [0.4, 0.5) is 11.4 Å². The number of benzene rings is 2. The van der Waals surface area contributed by atoms with E-state index in [9.17, 15) is 9.59 Å². The first-order valence-electron chi connectivity index (χ1n) is 10.2. The van der Waals surface area contributed by atoms with Crippen LogP contribution in [0.3, 0.4) is 0 Å². The lowest BCUT2D eigenvalue weighted by Gasteiger charge is -2.36. The van der Waals surface area contributed by atoms with Crippen molar-refractivity contribution < 1.29 is 14.3 Å². The molecule has 2 fully saturated rings. The number of ether oxygens (including phenoxy) is 1. The van der Waals surface area contributed by atoms with Crippen LogP contribution in [0.2, 0.25) is 0 Å². The van der Waals surface area contributed by atoms with E-state index in [-0.39, 0.29) is 11.8 Å². The smallest absolute Gasteiger partial charge is 0.253 e. The van der Waals surface area contributed by atoms with Crippen LogP contribution < -0.4 is 14.5 Å². The number of hydrogen-bond acceptors (Lipinski definition) is 4. The van der Waals surface area contributed by atoms with Gasteiger partial charge in [0.2, 0.25) is 5.91 Å². The van der Waals surface area contributed by atoms with Crippen LogP contribution in [-0.4, -0.2) is 56.5 Å². The lowest BCUT2D eigenvalue weighted by Crippen LogP contribution is -2.48. The molecule has 152 valence electrons. The average molecular weight is 393 g/mol. The fraction of sp³-hybridized carbons (Fsp3) is 0.391. The van der Waals surface area contributed by atoms with Gasteiger partial charge in [0.15, 0.2) is 0 Å². The summed E-state index contributed by atoms with van der Waals surface area (Å²) in [5, 5.41) is 0. The molecule has 0 N–H and O–H groups in total. The summed E-state index contributed by atoms with van der Waals surface area (Å²) in [5.74, 6) is 1.07. The normalized spacial score (nSPS) is 17.4. The number of rotatable bonds is 4. The van der Waals surface area contributed by atoms with Crippen molar-refractivity contribution in [1.29, 1.82) is 0 Å². The Hall–Kier alpha value is -3.02. The zero-order valence-corrected chi connectivity index (χ0v) is 16.8. The second-order valence-corrected chi connectivity index (χ2v) is 7.53. The van der Waals surface area contributed by atoms with Crippen LogP contribution in [0, 0.1) is 0 Å². The van der Waals surface area contributed by atoms with Gasteiger partial charge < -0.3 is 19.4 Å². The molecule has 0 aromatic heterocycles. The van der Waals surface area contributed by atoms with Gasteiger partial charge in [-0.2, -0.15) is 0 Å². The molecule has 0 radical (unpaired) electrons. The Labute approximate surface area is 171 Å². The summed E-state index contributed by atoms with van der Waals surface area (Å²) in [6.45, 7) is 3.75. The monoisotopic (exact) mass is 393 g/mol. The first-order chi connectivity index (χ1) is 14.2. The molecule has 2 aromatic carbocycles. The quantitative estimate of drug-likeness (QED) is 0.801. The second kappa shape index (κ2) is 8.55. The van der Waals surface area contributed by atoms with E-state index in [0.717, 1.165) is 49.6 Å². The van der Waals surface area contributed by atoms with E-state index in [1.54, 1.807) is 7.11 Å². The average Bonchev–Trinajstić information content (AvgIpc) is 2.79. The highest BCUT2D eigenvalue weighted by atomic mass is 16.5. The lowest BCUT2D eigenvalue weighted by atomic mass is 10.1. The molecule has 0 saturated carbocycles. The molecule has 6 heteroatoms. The summed E-state index contributed by atoms with van der Waals surface area (Å²) in [6, 6.07) is 15.5. The molecule has 0 bridgehead atoms. The Morgan fingerprint density at radius 2 is 1.48 bits per heavy atom. The highest BCUT2D eigenvalue weighted by Gasteiger charge is 2.23. The molecule has 0 unspecified atom stereocenters. The fourth-order valence-corrected chi connectivity index (χ4v) is 4.01. The zero-order valence-electron chi connectivity index (χ0n) is 16.8. The Morgan fingerprint density at radius 1 is 0.828 bits per heavy atom. The van der Waals surface area contributed by atoms with Crippen molar-refractivity contribution in [2.45, 2.75) is 19.3 Å². The summed E-state index contributed by atoms with van der Waals surface area (Å²) in [6.07, 6.45) is 2.61. The predicted molar refractivity (Wildman–Crippen MR) is 114 cm³/mol. The van der Waals surface area contributed by atoms with Gasteiger partial charge in [-0.15, -0.1) is 0 Å². The summed E-state index contributed by atoms with van der Waals surface area (Å²) in [5.41, 5.74) is 2.71. The molecule has 2 heterocycles. The molecule has 0 atom stereocenters. The largest absolute Gasteiger partial charge is 0.497 e.